The van der Waals surface area contributed by atoms with Crippen molar-refractivity contribution >= 4 is 6.03 Å². The average molecular weight is 169 g/mol. The van der Waals surface area contributed by atoms with Crippen molar-refractivity contribution in [2.45, 2.75) is 0 Å². The van der Waals surface area contributed by atoms with E-state index in [1.54, 1.807) is 6.08 Å². The largest absolute Gasteiger partial charge is 0.339 e. The number of hydrogen-bond donors (Lipinski definition) is 1. The van der Waals surface area contributed by atoms with Gasteiger partial charge in [0, 0.05) is 19.6 Å². The Morgan fingerprint density at radius 1 is 1.67 bits per heavy atom. The van der Waals surface area contributed by atoms with Crippen molar-refractivity contribution in [1.82, 2.24) is 10.2 Å². The van der Waals surface area contributed by atoms with Gasteiger partial charge in [0.25, 0.3) is 0 Å². The summed E-state index contributed by atoms with van der Waals surface area (Å²) >= 11 is 0. The van der Waals surface area contributed by atoms with E-state index in [-0.39, 0.29) is 6.03 Å². The van der Waals surface area contributed by atoms with Gasteiger partial charge in [-0.3, -0.25) is 0 Å². The molecular weight excluding hydrogens is 154 g/mol. The first-order chi connectivity index (χ1) is 5.76. The van der Waals surface area contributed by atoms with Crippen molar-refractivity contribution in [1.29, 1.82) is 0 Å². The zero-order valence-corrected chi connectivity index (χ0v) is 7.20. The number of nitrogens with two attached hydrogens (primary N) is 1. The van der Waals surface area contributed by atoms with E-state index in [0.29, 0.717) is 26.2 Å². The van der Waals surface area contributed by atoms with Gasteiger partial charge >= 0.3 is 6.03 Å². The molecule has 0 aliphatic carbocycles. The summed E-state index contributed by atoms with van der Waals surface area (Å²) in [6.07, 6.45) is 1.64. The van der Waals surface area contributed by atoms with Crippen LogP contribution in [0, 0.1) is 6.92 Å². The second kappa shape index (κ2) is 6.67. The van der Waals surface area contributed by atoms with Gasteiger partial charge in [-0.25, -0.2) is 10.1 Å². The summed E-state index contributed by atoms with van der Waals surface area (Å²) in [5, 5.41) is 3.71. The monoisotopic (exact) mass is 169 g/mol. The van der Waals surface area contributed by atoms with E-state index < -0.39 is 0 Å². The van der Waals surface area contributed by atoms with Crippen LogP contribution in [0.15, 0.2) is 12.7 Å². The topological polar surface area (TPSA) is 60.4 Å². The highest BCUT2D eigenvalue weighted by Crippen LogP contribution is 1.89. The lowest BCUT2D eigenvalue weighted by Crippen LogP contribution is -2.37. The lowest BCUT2D eigenvalue weighted by molar-refractivity contribution is 0.207. The van der Waals surface area contributed by atoms with E-state index in [4.69, 9.17) is 5.73 Å². The van der Waals surface area contributed by atoms with Crippen LogP contribution >= 0.6 is 0 Å². The van der Waals surface area contributed by atoms with Gasteiger partial charge in [-0.1, -0.05) is 6.08 Å². The molecule has 12 heavy (non-hydrogen) atoms. The molecule has 0 aromatic rings. The van der Waals surface area contributed by atoms with Gasteiger partial charge < -0.3 is 10.6 Å². The van der Waals surface area contributed by atoms with Crippen LogP contribution in [0.1, 0.15) is 0 Å². The molecule has 0 aromatic heterocycles. The second-order valence-electron chi connectivity index (χ2n) is 2.19. The lowest BCUT2D eigenvalue weighted by Gasteiger charge is -2.17. The number of rotatable bonds is 5. The van der Waals surface area contributed by atoms with E-state index in [9.17, 15) is 4.79 Å². The fraction of sp³-hybridized carbons (Fsp3) is 0.500. The maximum Gasteiger partial charge on any atom is 0.339 e. The van der Waals surface area contributed by atoms with Crippen molar-refractivity contribution < 1.29 is 4.79 Å². The zero-order valence-electron chi connectivity index (χ0n) is 7.20. The molecule has 0 unspecified atom stereocenters. The average Bonchev–Trinajstić information content (AvgIpc) is 2.10. The molecule has 4 nitrogen and oxygen atoms in total. The Morgan fingerprint density at radius 3 is 2.75 bits per heavy atom. The van der Waals surface area contributed by atoms with Gasteiger partial charge in [0.2, 0.25) is 0 Å². The molecule has 0 rings (SSSR count). The SMILES string of the molecule is [CH2]CN(CC=C)C(=O)[N]CCN. The Kier molecular flexibility index (Phi) is 6.09. The standard InChI is InChI=1S/C8H15N3O/c1-3-7-11(4-2)8(12)10-6-5-9/h3H,1-2,4-7,9H2. The first kappa shape index (κ1) is 11.0. The highest BCUT2D eigenvalue weighted by atomic mass is 16.2. The number of nitrogens with zero attached hydrogens (tertiary/aromatic N) is 2. The minimum atomic E-state index is -0.268. The summed E-state index contributed by atoms with van der Waals surface area (Å²) in [6, 6.07) is -0.268. The van der Waals surface area contributed by atoms with Crippen molar-refractivity contribution in [3.8, 4) is 0 Å². The molecule has 0 saturated carbocycles. The second-order valence-corrected chi connectivity index (χ2v) is 2.19. The molecular formula is C8H15N3O. The number of hydrogen-bond acceptors (Lipinski definition) is 2. The van der Waals surface area contributed by atoms with Gasteiger partial charge in [0.1, 0.15) is 0 Å². The van der Waals surface area contributed by atoms with Crippen molar-refractivity contribution in [2.75, 3.05) is 26.2 Å². The van der Waals surface area contributed by atoms with Gasteiger partial charge in [0.05, 0.1) is 6.54 Å². The van der Waals surface area contributed by atoms with Crippen LogP contribution in [0.4, 0.5) is 4.79 Å². The van der Waals surface area contributed by atoms with Crippen LogP contribution in [-0.2, 0) is 0 Å². The number of carbonyl (C=O) groups is 1. The maximum absolute atomic E-state index is 11.1. The molecule has 0 aliphatic heterocycles. The van der Waals surface area contributed by atoms with Gasteiger partial charge in [0.15, 0.2) is 0 Å². The third kappa shape index (κ3) is 3.98. The minimum Gasteiger partial charge on any atom is -0.329 e. The summed E-state index contributed by atoms with van der Waals surface area (Å²) in [7, 11) is 0. The Bertz CT molecular complexity index is 147. The quantitative estimate of drug-likeness (QED) is 0.588. The maximum atomic E-state index is 11.1. The highest BCUT2D eigenvalue weighted by molar-refractivity contribution is 5.74. The Labute approximate surface area is 73.4 Å². The fourth-order valence-electron chi connectivity index (χ4n) is 0.681. The molecule has 68 valence electrons. The predicted molar refractivity (Wildman–Crippen MR) is 48.6 cm³/mol. The van der Waals surface area contributed by atoms with Crippen LogP contribution in [0.2, 0.25) is 0 Å². The van der Waals surface area contributed by atoms with E-state index in [0.717, 1.165) is 0 Å². The van der Waals surface area contributed by atoms with E-state index in [2.05, 4.69) is 18.8 Å². The summed E-state index contributed by atoms with van der Waals surface area (Å²) in [6.45, 7) is 8.77. The van der Waals surface area contributed by atoms with Crippen LogP contribution in [0.3, 0.4) is 0 Å². The molecule has 0 atom stereocenters. The minimum absolute atomic E-state index is 0.268. The van der Waals surface area contributed by atoms with Crippen molar-refractivity contribution in [2.24, 2.45) is 5.73 Å². The summed E-state index contributed by atoms with van der Waals surface area (Å²) in [5.74, 6) is 0. The number of amides is 2. The van der Waals surface area contributed by atoms with Crippen LogP contribution in [-0.4, -0.2) is 37.1 Å². The highest BCUT2D eigenvalue weighted by Gasteiger charge is 2.08. The van der Waals surface area contributed by atoms with E-state index in [1.165, 1.54) is 4.90 Å². The van der Waals surface area contributed by atoms with Gasteiger partial charge in [-0.2, -0.15) is 0 Å². The van der Waals surface area contributed by atoms with E-state index >= 15 is 0 Å². The normalized spacial score (nSPS) is 9.17. The predicted octanol–water partition coefficient (Wildman–Crippen LogP) is -0.00841. The van der Waals surface area contributed by atoms with Crippen LogP contribution < -0.4 is 11.1 Å². The van der Waals surface area contributed by atoms with Gasteiger partial charge in [-0.15, -0.1) is 6.58 Å². The molecule has 2 N–H and O–H groups in total. The molecule has 0 aliphatic rings. The zero-order chi connectivity index (χ0) is 9.40. The molecule has 0 saturated heterocycles. The molecule has 0 bridgehead atoms. The van der Waals surface area contributed by atoms with Crippen molar-refractivity contribution in [3.05, 3.63) is 19.6 Å². The Balaban J connectivity index is 3.76. The molecule has 0 fully saturated rings. The van der Waals surface area contributed by atoms with Crippen LogP contribution in [0.25, 0.3) is 0 Å². The molecule has 0 spiro atoms. The molecule has 2 radical (unpaired) electrons. The van der Waals surface area contributed by atoms with Gasteiger partial charge in [-0.05, 0) is 6.92 Å². The van der Waals surface area contributed by atoms with Crippen molar-refractivity contribution in [3.63, 3.8) is 0 Å². The molecule has 4 heteroatoms. The smallest absolute Gasteiger partial charge is 0.329 e. The fourth-order valence-corrected chi connectivity index (χ4v) is 0.681. The third-order valence-corrected chi connectivity index (χ3v) is 1.27. The van der Waals surface area contributed by atoms with Crippen LogP contribution in [0.5, 0.6) is 0 Å². The lowest BCUT2D eigenvalue weighted by atomic mass is 10.5. The molecule has 0 heterocycles. The third-order valence-electron chi connectivity index (χ3n) is 1.27. The molecule has 0 aromatic carbocycles. The first-order valence-electron chi connectivity index (χ1n) is 3.82. The number of urea groups is 1. The van der Waals surface area contributed by atoms with E-state index in [1.807, 2.05) is 0 Å². The Morgan fingerprint density at radius 2 is 2.33 bits per heavy atom. The first-order valence-corrected chi connectivity index (χ1v) is 3.82. The summed E-state index contributed by atoms with van der Waals surface area (Å²) < 4.78 is 0. The summed E-state index contributed by atoms with van der Waals surface area (Å²) in [5.41, 5.74) is 5.19. The summed E-state index contributed by atoms with van der Waals surface area (Å²) in [4.78, 5) is 12.6. The number of carbonyl (C=O) groups excluding carboxylic acids is 1. The Hall–Kier alpha value is -1.03. The molecule has 2 amide bonds.